The summed E-state index contributed by atoms with van der Waals surface area (Å²) in [5, 5.41) is 9.29. The van der Waals surface area contributed by atoms with Gasteiger partial charge in [0.1, 0.15) is 19.0 Å². The fraction of sp³-hybridized carbons (Fsp3) is 0.133. The first-order valence-electron chi connectivity index (χ1n) is 6.82. The fourth-order valence-electron chi connectivity index (χ4n) is 2.17. The predicted octanol–water partition coefficient (Wildman–Crippen LogP) is 2.10. The van der Waals surface area contributed by atoms with Gasteiger partial charge in [-0.25, -0.2) is 17.6 Å². The highest BCUT2D eigenvalue weighted by atomic mass is 32.2. The standard InChI is InChI=1S/C15H12FNO6S/c16-9-1-3-10(4-2-9)24(20,21)17-12-8-14-13(22-5-6-23-14)7-11(12)15(18)19/h1-4,7-8,17H,5-6H2,(H,18,19). The molecule has 2 N–H and O–H groups in total. The second-order valence-electron chi connectivity index (χ2n) is 4.91. The van der Waals surface area contributed by atoms with Crippen molar-refractivity contribution in [1.82, 2.24) is 0 Å². The smallest absolute Gasteiger partial charge is 0.337 e. The minimum absolute atomic E-state index is 0.170. The zero-order valence-electron chi connectivity index (χ0n) is 12.2. The van der Waals surface area contributed by atoms with Crippen LogP contribution in [0.4, 0.5) is 10.1 Å². The molecule has 0 saturated carbocycles. The predicted molar refractivity (Wildman–Crippen MR) is 81.6 cm³/mol. The average Bonchev–Trinajstić information content (AvgIpc) is 2.54. The lowest BCUT2D eigenvalue weighted by Gasteiger charge is -2.20. The lowest BCUT2D eigenvalue weighted by Crippen LogP contribution is -2.19. The number of hydrogen-bond acceptors (Lipinski definition) is 5. The van der Waals surface area contributed by atoms with Gasteiger partial charge in [0.25, 0.3) is 10.0 Å². The second kappa shape index (κ2) is 6.00. The monoisotopic (exact) mass is 353 g/mol. The summed E-state index contributed by atoms with van der Waals surface area (Å²) in [5.74, 6) is -1.45. The number of carbonyl (C=O) groups is 1. The molecule has 3 rings (SSSR count). The summed E-state index contributed by atoms with van der Waals surface area (Å²) in [6.45, 7) is 0.538. The third kappa shape index (κ3) is 3.11. The van der Waals surface area contributed by atoms with Crippen LogP contribution in [-0.2, 0) is 10.0 Å². The van der Waals surface area contributed by atoms with E-state index < -0.39 is 21.8 Å². The Morgan fingerprint density at radius 1 is 1.08 bits per heavy atom. The summed E-state index contributed by atoms with van der Waals surface area (Å²) in [6.07, 6.45) is 0. The van der Waals surface area contributed by atoms with Crippen LogP contribution in [0.25, 0.3) is 0 Å². The van der Waals surface area contributed by atoms with Gasteiger partial charge in [0, 0.05) is 12.1 Å². The summed E-state index contributed by atoms with van der Waals surface area (Å²) in [4.78, 5) is 11.2. The molecular formula is C15H12FNO6S. The van der Waals surface area contributed by atoms with E-state index in [2.05, 4.69) is 4.72 Å². The number of ether oxygens (including phenoxy) is 2. The molecule has 0 spiro atoms. The number of nitrogens with one attached hydrogen (secondary N) is 1. The van der Waals surface area contributed by atoms with E-state index in [1.54, 1.807) is 0 Å². The van der Waals surface area contributed by atoms with E-state index >= 15 is 0 Å². The van der Waals surface area contributed by atoms with E-state index in [0.29, 0.717) is 0 Å². The maximum absolute atomic E-state index is 12.9. The molecule has 0 atom stereocenters. The van der Waals surface area contributed by atoms with Crippen molar-refractivity contribution in [2.45, 2.75) is 4.90 Å². The van der Waals surface area contributed by atoms with Gasteiger partial charge in [-0.05, 0) is 24.3 Å². The van der Waals surface area contributed by atoms with Gasteiger partial charge in [0.15, 0.2) is 11.5 Å². The number of fused-ring (bicyclic) bond motifs is 1. The summed E-state index contributed by atoms with van der Waals surface area (Å²) in [5.41, 5.74) is -0.457. The zero-order valence-corrected chi connectivity index (χ0v) is 13.0. The Kier molecular flexibility index (Phi) is 4.02. The summed E-state index contributed by atoms with van der Waals surface area (Å²) < 4.78 is 50.5. The molecule has 0 unspecified atom stereocenters. The Labute approximate surface area is 136 Å². The van der Waals surface area contributed by atoms with Crippen molar-refractivity contribution in [3.05, 3.63) is 47.8 Å². The molecule has 7 nitrogen and oxygen atoms in total. The lowest BCUT2D eigenvalue weighted by molar-refractivity contribution is 0.0697. The third-order valence-corrected chi connectivity index (χ3v) is 4.66. The van der Waals surface area contributed by atoms with Gasteiger partial charge in [-0.3, -0.25) is 4.72 Å². The molecule has 0 aliphatic carbocycles. The fourth-order valence-corrected chi connectivity index (χ4v) is 3.24. The van der Waals surface area contributed by atoms with Gasteiger partial charge in [0.2, 0.25) is 0 Å². The first-order valence-corrected chi connectivity index (χ1v) is 8.30. The van der Waals surface area contributed by atoms with Crippen LogP contribution in [0.5, 0.6) is 11.5 Å². The van der Waals surface area contributed by atoms with E-state index in [1.807, 2.05) is 0 Å². The summed E-state index contributed by atoms with van der Waals surface area (Å²) >= 11 is 0. The largest absolute Gasteiger partial charge is 0.486 e. The number of rotatable bonds is 4. The van der Waals surface area contributed by atoms with Gasteiger partial charge in [-0.15, -0.1) is 0 Å². The minimum Gasteiger partial charge on any atom is -0.486 e. The topological polar surface area (TPSA) is 102 Å². The number of halogens is 1. The van der Waals surface area contributed by atoms with Crippen molar-refractivity contribution in [3.63, 3.8) is 0 Å². The van der Waals surface area contributed by atoms with E-state index in [0.717, 1.165) is 24.3 Å². The average molecular weight is 353 g/mol. The molecule has 0 saturated heterocycles. The molecule has 1 heterocycles. The van der Waals surface area contributed by atoms with E-state index in [-0.39, 0.29) is 40.9 Å². The number of carboxylic acids is 1. The molecule has 1 aliphatic heterocycles. The van der Waals surface area contributed by atoms with Crippen molar-refractivity contribution < 1.29 is 32.2 Å². The SMILES string of the molecule is O=C(O)c1cc2c(cc1NS(=O)(=O)c1ccc(F)cc1)OCCO2. The number of benzene rings is 2. The van der Waals surface area contributed by atoms with Crippen LogP contribution in [-0.4, -0.2) is 32.7 Å². The Morgan fingerprint density at radius 3 is 2.25 bits per heavy atom. The Morgan fingerprint density at radius 2 is 1.67 bits per heavy atom. The number of aromatic carboxylic acids is 1. The molecule has 0 bridgehead atoms. The number of hydrogen-bond donors (Lipinski definition) is 2. The maximum atomic E-state index is 12.9. The molecule has 0 radical (unpaired) electrons. The van der Waals surface area contributed by atoms with Crippen LogP contribution in [0, 0.1) is 5.82 Å². The van der Waals surface area contributed by atoms with E-state index in [9.17, 15) is 22.7 Å². The van der Waals surface area contributed by atoms with Crippen LogP contribution in [0.1, 0.15) is 10.4 Å². The van der Waals surface area contributed by atoms with E-state index in [4.69, 9.17) is 9.47 Å². The first kappa shape index (κ1) is 16.1. The molecule has 2 aromatic rings. The lowest BCUT2D eigenvalue weighted by atomic mass is 10.1. The van der Waals surface area contributed by atoms with Gasteiger partial charge < -0.3 is 14.6 Å². The van der Waals surface area contributed by atoms with Crippen molar-refractivity contribution in [2.24, 2.45) is 0 Å². The first-order chi connectivity index (χ1) is 11.4. The third-order valence-electron chi connectivity index (χ3n) is 3.28. The maximum Gasteiger partial charge on any atom is 0.337 e. The molecule has 2 aromatic carbocycles. The van der Waals surface area contributed by atoms with Crippen molar-refractivity contribution in [3.8, 4) is 11.5 Å². The molecule has 9 heteroatoms. The quantitative estimate of drug-likeness (QED) is 0.873. The summed E-state index contributed by atoms with van der Waals surface area (Å²) in [6, 6.07) is 6.59. The zero-order chi connectivity index (χ0) is 17.3. The highest BCUT2D eigenvalue weighted by Crippen LogP contribution is 2.36. The number of carboxylic acid groups (broad SMARTS) is 1. The van der Waals surface area contributed by atoms with Gasteiger partial charge in [-0.2, -0.15) is 0 Å². The molecule has 126 valence electrons. The van der Waals surface area contributed by atoms with Gasteiger partial charge >= 0.3 is 5.97 Å². The van der Waals surface area contributed by atoms with Crippen LogP contribution in [0.2, 0.25) is 0 Å². The van der Waals surface area contributed by atoms with Crippen molar-refractivity contribution >= 4 is 21.7 Å². The number of anilines is 1. The van der Waals surface area contributed by atoms with Crippen molar-refractivity contribution in [2.75, 3.05) is 17.9 Å². The van der Waals surface area contributed by atoms with Crippen LogP contribution in [0.3, 0.4) is 0 Å². The van der Waals surface area contributed by atoms with Crippen LogP contribution >= 0.6 is 0 Å². The second-order valence-corrected chi connectivity index (χ2v) is 6.59. The van der Waals surface area contributed by atoms with Crippen LogP contribution < -0.4 is 14.2 Å². The molecule has 0 aromatic heterocycles. The molecule has 24 heavy (non-hydrogen) atoms. The molecule has 0 amide bonds. The van der Waals surface area contributed by atoms with Crippen LogP contribution in [0.15, 0.2) is 41.3 Å². The number of sulfonamides is 1. The highest BCUT2D eigenvalue weighted by molar-refractivity contribution is 7.92. The van der Waals surface area contributed by atoms with Gasteiger partial charge in [0.05, 0.1) is 16.1 Å². The van der Waals surface area contributed by atoms with E-state index in [1.165, 1.54) is 12.1 Å². The molecular weight excluding hydrogens is 341 g/mol. The van der Waals surface area contributed by atoms with Gasteiger partial charge in [-0.1, -0.05) is 0 Å². The molecule has 0 fully saturated rings. The normalized spacial score (nSPS) is 13.4. The Balaban J connectivity index is 2.02. The van der Waals surface area contributed by atoms with Crippen molar-refractivity contribution in [1.29, 1.82) is 0 Å². The Bertz CT molecular complexity index is 895. The minimum atomic E-state index is -4.09. The Hall–Kier alpha value is -2.81. The summed E-state index contributed by atoms with van der Waals surface area (Å²) in [7, 11) is -4.09. The highest BCUT2D eigenvalue weighted by Gasteiger charge is 2.23. The molecule has 1 aliphatic rings.